The zero-order chi connectivity index (χ0) is 13.1. The SMILES string of the molecule is NS(=O)(=O)CCCOc1c(Br)cc(Br)cc1Br. The Bertz CT molecular complexity index is 481. The molecule has 0 spiro atoms. The second kappa shape index (κ2) is 6.51. The Kier molecular flexibility index (Phi) is 5.91. The van der Waals surface area contributed by atoms with Crippen LogP contribution in [0, 0.1) is 0 Å². The molecule has 0 fully saturated rings. The van der Waals surface area contributed by atoms with Gasteiger partial charge in [-0.05, 0) is 50.4 Å². The van der Waals surface area contributed by atoms with E-state index in [1.54, 1.807) is 0 Å². The molecule has 96 valence electrons. The molecule has 0 aliphatic rings. The fourth-order valence-corrected chi connectivity index (χ4v) is 4.11. The molecule has 0 radical (unpaired) electrons. The average Bonchev–Trinajstić information content (AvgIpc) is 2.13. The molecular formula is C9H10Br3NO3S. The van der Waals surface area contributed by atoms with E-state index in [2.05, 4.69) is 47.8 Å². The molecule has 0 atom stereocenters. The molecule has 0 saturated carbocycles. The van der Waals surface area contributed by atoms with E-state index in [1.165, 1.54) is 0 Å². The monoisotopic (exact) mass is 449 g/mol. The number of primary sulfonamides is 1. The largest absolute Gasteiger partial charge is 0.491 e. The molecule has 0 aliphatic carbocycles. The first-order valence-corrected chi connectivity index (χ1v) is 8.67. The molecule has 4 nitrogen and oxygen atoms in total. The van der Waals surface area contributed by atoms with Gasteiger partial charge in [-0.2, -0.15) is 0 Å². The topological polar surface area (TPSA) is 69.4 Å². The van der Waals surface area contributed by atoms with Crippen LogP contribution in [0.1, 0.15) is 6.42 Å². The highest BCUT2D eigenvalue weighted by atomic mass is 79.9. The minimum absolute atomic E-state index is 0.0846. The van der Waals surface area contributed by atoms with Gasteiger partial charge in [-0.15, -0.1) is 0 Å². The summed E-state index contributed by atoms with van der Waals surface area (Å²) in [6, 6.07) is 3.69. The summed E-state index contributed by atoms with van der Waals surface area (Å²) in [5.41, 5.74) is 0. The van der Waals surface area contributed by atoms with Gasteiger partial charge in [-0.25, -0.2) is 13.6 Å². The Morgan fingerprint density at radius 2 is 1.71 bits per heavy atom. The highest BCUT2D eigenvalue weighted by Gasteiger charge is 2.09. The lowest BCUT2D eigenvalue weighted by Crippen LogP contribution is -2.18. The number of hydrogen-bond acceptors (Lipinski definition) is 3. The number of ether oxygens (including phenoxy) is 1. The zero-order valence-corrected chi connectivity index (χ0v) is 14.2. The molecule has 0 heterocycles. The summed E-state index contributed by atoms with van der Waals surface area (Å²) in [6.07, 6.45) is 0.355. The Morgan fingerprint density at radius 1 is 1.18 bits per heavy atom. The first-order chi connectivity index (χ1) is 7.79. The summed E-state index contributed by atoms with van der Waals surface area (Å²) in [6.45, 7) is 0.287. The predicted molar refractivity (Wildman–Crippen MR) is 77.6 cm³/mol. The van der Waals surface area contributed by atoms with Crippen molar-refractivity contribution in [1.29, 1.82) is 0 Å². The predicted octanol–water partition coefficient (Wildman–Crippen LogP) is 3.03. The van der Waals surface area contributed by atoms with Crippen molar-refractivity contribution in [2.75, 3.05) is 12.4 Å². The number of nitrogens with two attached hydrogens (primary N) is 1. The second-order valence-electron chi connectivity index (χ2n) is 3.27. The van der Waals surface area contributed by atoms with Crippen molar-refractivity contribution in [3.05, 3.63) is 25.6 Å². The minimum atomic E-state index is -3.42. The van der Waals surface area contributed by atoms with Gasteiger partial charge in [0.05, 0.1) is 21.3 Å². The third-order valence-corrected chi connectivity index (χ3v) is 4.28. The zero-order valence-electron chi connectivity index (χ0n) is 8.62. The third kappa shape index (κ3) is 5.69. The highest BCUT2D eigenvalue weighted by molar-refractivity contribution is 9.11. The number of halogens is 3. The van der Waals surface area contributed by atoms with E-state index in [-0.39, 0.29) is 12.4 Å². The Hall–Kier alpha value is 0.370. The normalized spacial score (nSPS) is 11.5. The van der Waals surface area contributed by atoms with Gasteiger partial charge in [0.15, 0.2) is 0 Å². The van der Waals surface area contributed by atoms with Crippen molar-refractivity contribution in [1.82, 2.24) is 0 Å². The standard InChI is InChI=1S/C9H10Br3NO3S/c10-6-4-7(11)9(8(12)5-6)16-2-1-3-17(13,14)15/h4-5H,1-3H2,(H2,13,14,15). The second-order valence-corrected chi connectivity index (χ2v) is 7.63. The van der Waals surface area contributed by atoms with Gasteiger partial charge in [0.2, 0.25) is 10.0 Å². The van der Waals surface area contributed by atoms with Gasteiger partial charge in [0, 0.05) is 4.47 Å². The summed E-state index contributed by atoms with van der Waals surface area (Å²) in [4.78, 5) is 0. The van der Waals surface area contributed by atoms with Gasteiger partial charge in [0.25, 0.3) is 0 Å². The van der Waals surface area contributed by atoms with Crippen LogP contribution in [0.5, 0.6) is 5.75 Å². The minimum Gasteiger partial charge on any atom is -0.491 e. The van der Waals surface area contributed by atoms with E-state index in [0.717, 1.165) is 13.4 Å². The maximum absolute atomic E-state index is 10.7. The molecule has 17 heavy (non-hydrogen) atoms. The van der Waals surface area contributed by atoms with Crippen molar-refractivity contribution in [3.8, 4) is 5.75 Å². The summed E-state index contributed by atoms with van der Waals surface area (Å²) in [7, 11) is -3.42. The smallest absolute Gasteiger partial charge is 0.209 e. The van der Waals surface area contributed by atoms with Gasteiger partial charge >= 0.3 is 0 Å². The van der Waals surface area contributed by atoms with Crippen LogP contribution in [0.2, 0.25) is 0 Å². The molecule has 0 amide bonds. The van der Waals surface area contributed by atoms with Gasteiger partial charge in [-0.3, -0.25) is 0 Å². The summed E-state index contributed by atoms with van der Waals surface area (Å²) in [5.74, 6) is 0.557. The molecule has 0 unspecified atom stereocenters. The third-order valence-electron chi connectivity index (χ3n) is 1.78. The van der Waals surface area contributed by atoms with E-state index in [1.807, 2.05) is 12.1 Å². The molecule has 0 aromatic heterocycles. The van der Waals surface area contributed by atoms with Crippen molar-refractivity contribution >= 4 is 57.8 Å². The van der Waals surface area contributed by atoms with E-state index < -0.39 is 10.0 Å². The maximum atomic E-state index is 10.7. The van der Waals surface area contributed by atoms with Crippen LogP contribution in [0.4, 0.5) is 0 Å². The molecule has 0 bridgehead atoms. The van der Waals surface area contributed by atoms with Crippen LogP contribution < -0.4 is 9.88 Å². The number of sulfonamides is 1. The van der Waals surface area contributed by atoms with E-state index in [4.69, 9.17) is 9.88 Å². The van der Waals surface area contributed by atoms with E-state index in [0.29, 0.717) is 12.2 Å². The Morgan fingerprint density at radius 3 is 2.18 bits per heavy atom. The number of benzene rings is 1. The molecule has 1 rings (SSSR count). The summed E-state index contributed by atoms with van der Waals surface area (Å²) >= 11 is 10.1. The number of hydrogen-bond donors (Lipinski definition) is 1. The molecular weight excluding hydrogens is 442 g/mol. The molecule has 1 aromatic carbocycles. The van der Waals surface area contributed by atoms with E-state index >= 15 is 0 Å². The van der Waals surface area contributed by atoms with Crippen molar-refractivity contribution in [2.24, 2.45) is 5.14 Å². The lowest BCUT2D eigenvalue weighted by atomic mass is 10.3. The number of rotatable bonds is 5. The van der Waals surface area contributed by atoms with Crippen LogP contribution in [-0.2, 0) is 10.0 Å². The Labute approximate surface area is 125 Å². The molecule has 8 heteroatoms. The van der Waals surface area contributed by atoms with Gasteiger partial charge < -0.3 is 4.74 Å². The van der Waals surface area contributed by atoms with Crippen LogP contribution in [0.25, 0.3) is 0 Å². The van der Waals surface area contributed by atoms with Gasteiger partial charge in [-0.1, -0.05) is 15.9 Å². The maximum Gasteiger partial charge on any atom is 0.209 e. The highest BCUT2D eigenvalue weighted by Crippen LogP contribution is 2.36. The van der Waals surface area contributed by atoms with Gasteiger partial charge in [0.1, 0.15) is 5.75 Å². The van der Waals surface area contributed by atoms with Crippen molar-refractivity contribution in [3.63, 3.8) is 0 Å². The molecule has 0 saturated heterocycles. The first kappa shape index (κ1) is 15.4. The Balaban J connectivity index is 2.58. The first-order valence-electron chi connectivity index (χ1n) is 4.57. The fraction of sp³-hybridized carbons (Fsp3) is 0.333. The van der Waals surface area contributed by atoms with Crippen LogP contribution in [0.3, 0.4) is 0 Å². The molecule has 1 aromatic rings. The molecule has 2 N–H and O–H groups in total. The average molecular weight is 452 g/mol. The lowest BCUT2D eigenvalue weighted by Gasteiger charge is -2.10. The quantitative estimate of drug-likeness (QED) is 0.699. The van der Waals surface area contributed by atoms with Crippen LogP contribution in [-0.4, -0.2) is 20.8 Å². The van der Waals surface area contributed by atoms with Crippen LogP contribution in [0.15, 0.2) is 25.6 Å². The van der Waals surface area contributed by atoms with Crippen LogP contribution >= 0.6 is 47.8 Å². The van der Waals surface area contributed by atoms with E-state index in [9.17, 15) is 8.42 Å². The fourth-order valence-electron chi connectivity index (χ4n) is 1.10. The lowest BCUT2D eigenvalue weighted by molar-refractivity contribution is 0.314. The van der Waals surface area contributed by atoms with Crippen molar-refractivity contribution in [2.45, 2.75) is 6.42 Å². The van der Waals surface area contributed by atoms with Crippen molar-refractivity contribution < 1.29 is 13.2 Å². The summed E-state index contributed by atoms with van der Waals surface area (Å²) in [5, 5.41) is 4.89. The summed E-state index contributed by atoms with van der Waals surface area (Å²) < 4.78 is 29.4. The molecule has 0 aliphatic heterocycles.